The molecule has 2 amide bonds. The molecule has 0 aliphatic rings. The van der Waals surface area contributed by atoms with Crippen molar-refractivity contribution in [3.8, 4) is 6.07 Å². The normalized spacial score (nSPS) is 11.5. The summed E-state index contributed by atoms with van der Waals surface area (Å²) < 4.78 is 1.78. The summed E-state index contributed by atoms with van der Waals surface area (Å²) in [6.07, 6.45) is 1.76. The molecule has 0 spiro atoms. The quantitative estimate of drug-likeness (QED) is 0.907. The van der Waals surface area contributed by atoms with Crippen LogP contribution in [-0.4, -0.2) is 15.8 Å². The molecule has 1 aromatic carbocycles. The van der Waals surface area contributed by atoms with Crippen LogP contribution in [0.1, 0.15) is 35.3 Å². The summed E-state index contributed by atoms with van der Waals surface area (Å²) >= 11 is 0. The van der Waals surface area contributed by atoms with E-state index in [9.17, 15) is 4.79 Å². The molecule has 2 N–H and O–H groups in total. The van der Waals surface area contributed by atoms with Gasteiger partial charge in [-0.1, -0.05) is 12.1 Å². The molecule has 0 saturated carbocycles. The molecule has 0 bridgehead atoms. The third kappa shape index (κ3) is 3.64. The van der Waals surface area contributed by atoms with Gasteiger partial charge in [0.25, 0.3) is 0 Å². The predicted octanol–water partition coefficient (Wildman–Crippen LogP) is 2.16. The molecule has 0 fully saturated rings. The van der Waals surface area contributed by atoms with Crippen molar-refractivity contribution in [1.29, 1.82) is 5.26 Å². The zero-order valence-corrected chi connectivity index (χ0v) is 12.9. The van der Waals surface area contributed by atoms with Crippen LogP contribution in [0.3, 0.4) is 0 Å². The average Bonchev–Trinajstić information content (AvgIpc) is 2.85. The smallest absolute Gasteiger partial charge is 0.315 e. The standard InChI is InChI=1S/C16H19N5O/c1-11(15-10-19-21(3)12(15)2)20-16(22)18-9-14-6-4-5-13(7-14)8-17/h4-7,10-11H,9H2,1-3H3,(H2,18,20,22)/t11-/m1/s1. The van der Waals surface area contributed by atoms with Gasteiger partial charge in [0.1, 0.15) is 0 Å². The average molecular weight is 297 g/mol. The molecule has 0 saturated heterocycles. The Hall–Kier alpha value is -2.81. The molecule has 1 heterocycles. The summed E-state index contributed by atoms with van der Waals surface area (Å²) in [4.78, 5) is 12.0. The Kier molecular flexibility index (Phi) is 4.79. The summed E-state index contributed by atoms with van der Waals surface area (Å²) in [5.41, 5.74) is 3.48. The molecule has 0 unspecified atom stereocenters. The summed E-state index contributed by atoms with van der Waals surface area (Å²) in [7, 11) is 1.87. The highest BCUT2D eigenvalue weighted by atomic mass is 16.2. The van der Waals surface area contributed by atoms with Gasteiger partial charge in [0.2, 0.25) is 0 Å². The van der Waals surface area contributed by atoms with Crippen LogP contribution in [0.15, 0.2) is 30.5 Å². The number of rotatable bonds is 4. The summed E-state index contributed by atoms with van der Waals surface area (Å²) in [6, 6.07) is 8.87. The Balaban J connectivity index is 1.90. The molecule has 2 rings (SSSR count). The molecule has 6 nitrogen and oxygen atoms in total. The van der Waals surface area contributed by atoms with Gasteiger partial charge in [0.15, 0.2) is 0 Å². The van der Waals surface area contributed by atoms with Gasteiger partial charge in [-0.15, -0.1) is 0 Å². The van der Waals surface area contributed by atoms with Crippen molar-refractivity contribution in [2.45, 2.75) is 26.4 Å². The topological polar surface area (TPSA) is 82.7 Å². The Morgan fingerprint density at radius 1 is 1.50 bits per heavy atom. The number of nitriles is 1. The van der Waals surface area contributed by atoms with Crippen molar-refractivity contribution in [2.75, 3.05) is 0 Å². The van der Waals surface area contributed by atoms with E-state index >= 15 is 0 Å². The number of amides is 2. The highest BCUT2D eigenvalue weighted by molar-refractivity contribution is 5.74. The first-order chi connectivity index (χ1) is 10.5. The molecule has 6 heteroatoms. The van der Waals surface area contributed by atoms with Crippen molar-refractivity contribution < 1.29 is 4.79 Å². The van der Waals surface area contributed by atoms with Gasteiger partial charge in [0.05, 0.1) is 23.9 Å². The van der Waals surface area contributed by atoms with Crippen molar-refractivity contribution in [3.63, 3.8) is 0 Å². The first-order valence-corrected chi connectivity index (χ1v) is 7.03. The summed E-state index contributed by atoms with van der Waals surface area (Å²) in [5, 5.41) is 18.7. The number of nitrogens with one attached hydrogen (secondary N) is 2. The second kappa shape index (κ2) is 6.76. The Bertz CT molecular complexity index is 714. The number of nitrogens with zero attached hydrogens (tertiary/aromatic N) is 3. The van der Waals surface area contributed by atoms with Gasteiger partial charge in [-0.2, -0.15) is 10.4 Å². The molecule has 0 aliphatic heterocycles. The van der Waals surface area contributed by atoms with Crippen LogP contribution in [0, 0.1) is 18.3 Å². The first kappa shape index (κ1) is 15.6. The van der Waals surface area contributed by atoms with Crippen LogP contribution < -0.4 is 10.6 Å². The third-order valence-electron chi connectivity index (χ3n) is 3.60. The van der Waals surface area contributed by atoms with Crippen molar-refractivity contribution in [3.05, 3.63) is 52.8 Å². The van der Waals surface area contributed by atoms with E-state index in [0.717, 1.165) is 16.8 Å². The van der Waals surface area contributed by atoms with Crippen LogP contribution in [0.5, 0.6) is 0 Å². The maximum absolute atomic E-state index is 12.0. The number of aromatic nitrogens is 2. The number of benzene rings is 1. The molecule has 1 atom stereocenters. The minimum atomic E-state index is -0.252. The lowest BCUT2D eigenvalue weighted by Gasteiger charge is -2.14. The van der Waals surface area contributed by atoms with Gasteiger partial charge >= 0.3 is 6.03 Å². The Morgan fingerprint density at radius 3 is 2.91 bits per heavy atom. The number of carbonyl (C=O) groups excluding carboxylic acids is 1. The maximum atomic E-state index is 12.0. The van der Waals surface area contributed by atoms with Crippen LogP contribution in [0.25, 0.3) is 0 Å². The van der Waals surface area contributed by atoms with E-state index in [2.05, 4.69) is 21.8 Å². The van der Waals surface area contributed by atoms with E-state index in [-0.39, 0.29) is 12.1 Å². The molecular formula is C16H19N5O. The lowest BCUT2D eigenvalue weighted by atomic mass is 10.1. The van der Waals surface area contributed by atoms with Crippen LogP contribution in [-0.2, 0) is 13.6 Å². The van der Waals surface area contributed by atoms with Gasteiger partial charge in [-0.3, -0.25) is 4.68 Å². The fourth-order valence-electron chi connectivity index (χ4n) is 2.20. The Labute approximate surface area is 129 Å². The second-order valence-corrected chi connectivity index (χ2v) is 5.17. The van der Waals surface area contributed by atoms with E-state index in [1.54, 1.807) is 29.1 Å². The van der Waals surface area contributed by atoms with Crippen molar-refractivity contribution >= 4 is 6.03 Å². The van der Waals surface area contributed by atoms with E-state index in [1.165, 1.54) is 0 Å². The van der Waals surface area contributed by atoms with E-state index in [4.69, 9.17) is 5.26 Å². The minimum absolute atomic E-state index is 0.126. The second-order valence-electron chi connectivity index (χ2n) is 5.17. The molecule has 0 aliphatic carbocycles. The molecule has 0 radical (unpaired) electrons. The van der Waals surface area contributed by atoms with Gasteiger partial charge in [0, 0.05) is 24.8 Å². The van der Waals surface area contributed by atoms with E-state index in [1.807, 2.05) is 27.0 Å². The first-order valence-electron chi connectivity index (χ1n) is 7.03. The largest absolute Gasteiger partial charge is 0.334 e. The van der Waals surface area contributed by atoms with E-state index in [0.29, 0.717) is 12.1 Å². The molecule has 1 aromatic heterocycles. The van der Waals surface area contributed by atoms with Gasteiger partial charge in [-0.25, -0.2) is 4.79 Å². The number of hydrogen-bond acceptors (Lipinski definition) is 3. The Morgan fingerprint density at radius 2 is 2.27 bits per heavy atom. The zero-order chi connectivity index (χ0) is 16.1. The maximum Gasteiger partial charge on any atom is 0.315 e. The number of aryl methyl sites for hydroxylation is 1. The predicted molar refractivity (Wildman–Crippen MR) is 82.9 cm³/mol. The highest BCUT2D eigenvalue weighted by Gasteiger charge is 2.14. The van der Waals surface area contributed by atoms with Crippen molar-refractivity contribution in [2.24, 2.45) is 7.05 Å². The monoisotopic (exact) mass is 297 g/mol. The van der Waals surface area contributed by atoms with Crippen molar-refractivity contribution in [1.82, 2.24) is 20.4 Å². The SMILES string of the molecule is Cc1c([C@@H](C)NC(=O)NCc2cccc(C#N)c2)cnn1C. The summed E-state index contributed by atoms with van der Waals surface area (Å²) in [6.45, 7) is 4.26. The minimum Gasteiger partial charge on any atom is -0.334 e. The molecule has 114 valence electrons. The lowest BCUT2D eigenvalue weighted by Crippen LogP contribution is -2.36. The van der Waals surface area contributed by atoms with Gasteiger partial charge in [-0.05, 0) is 31.5 Å². The molecular weight excluding hydrogens is 278 g/mol. The van der Waals surface area contributed by atoms with Gasteiger partial charge < -0.3 is 10.6 Å². The number of urea groups is 1. The zero-order valence-electron chi connectivity index (χ0n) is 12.9. The van der Waals surface area contributed by atoms with Crippen LogP contribution in [0.4, 0.5) is 4.79 Å². The van der Waals surface area contributed by atoms with E-state index < -0.39 is 0 Å². The fourth-order valence-corrected chi connectivity index (χ4v) is 2.20. The van der Waals surface area contributed by atoms with Crippen LogP contribution in [0.2, 0.25) is 0 Å². The summed E-state index contributed by atoms with van der Waals surface area (Å²) in [5.74, 6) is 0. The molecule has 22 heavy (non-hydrogen) atoms. The molecule has 2 aromatic rings. The fraction of sp³-hybridized carbons (Fsp3) is 0.312. The number of hydrogen-bond donors (Lipinski definition) is 2. The number of carbonyl (C=O) groups is 1. The lowest BCUT2D eigenvalue weighted by molar-refractivity contribution is 0.237. The highest BCUT2D eigenvalue weighted by Crippen LogP contribution is 2.15. The van der Waals surface area contributed by atoms with Crippen LogP contribution >= 0.6 is 0 Å². The third-order valence-corrected chi connectivity index (χ3v) is 3.60.